The Morgan fingerprint density at radius 3 is 2.52 bits per heavy atom. The highest BCUT2D eigenvalue weighted by Crippen LogP contribution is 2.33. The molecule has 0 aliphatic carbocycles. The van der Waals surface area contributed by atoms with Gasteiger partial charge in [-0.15, -0.1) is 0 Å². The molecule has 2 aromatic carbocycles. The van der Waals surface area contributed by atoms with E-state index >= 15 is 0 Å². The first-order valence-electron chi connectivity index (χ1n) is 8.64. The Morgan fingerprint density at radius 2 is 1.81 bits per heavy atom. The zero-order valence-corrected chi connectivity index (χ0v) is 15.2. The minimum Gasteiger partial charge on any atom is -0.479 e. The maximum atomic E-state index is 12.4. The van der Waals surface area contributed by atoms with E-state index in [9.17, 15) is 14.4 Å². The number of amides is 3. The van der Waals surface area contributed by atoms with Gasteiger partial charge in [-0.1, -0.05) is 24.3 Å². The molecule has 0 bridgehead atoms. The Hall–Kier alpha value is -3.35. The molecule has 3 rings (SSSR count). The molecule has 0 saturated heterocycles. The van der Waals surface area contributed by atoms with Crippen LogP contribution < -0.4 is 20.3 Å². The fourth-order valence-electron chi connectivity index (χ4n) is 2.83. The number of carbonyl (C=O) groups excluding carboxylic acids is 3. The van der Waals surface area contributed by atoms with E-state index in [1.807, 2.05) is 18.2 Å². The molecule has 27 heavy (non-hydrogen) atoms. The van der Waals surface area contributed by atoms with Gasteiger partial charge in [0.25, 0.3) is 5.91 Å². The van der Waals surface area contributed by atoms with Crippen LogP contribution in [0.1, 0.15) is 19.4 Å². The highest BCUT2D eigenvalue weighted by atomic mass is 16.5. The van der Waals surface area contributed by atoms with Crippen LogP contribution in [0.15, 0.2) is 48.5 Å². The number of nitrogens with zero attached hydrogens (tertiary/aromatic N) is 1. The minimum atomic E-state index is -0.631. The van der Waals surface area contributed by atoms with Crippen LogP contribution in [-0.2, 0) is 20.9 Å². The summed E-state index contributed by atoms with van der Waals surface area (Å²) < 4.78 is 5.57. The lowest BCUT2D eigenvalue weighted by atomic mass is 10.2. The van der Waals surface area contributed by atoms with E-state index in [0.29, 0.717) is 23.7 Å². The number of fused-ring (bicyclic) bond motifs is 1. The molecule has 0 aromatic heterocycles. The van der Waals surface area contributed by atoms with Gasteiger partial charge >= 0.3 is 0 Å². The monoisotopic (exact) mass is 367 g/mol. The van der Waals surface area contributed by atoms with Gasteiger partial charge in [0.1, 0.15) is 12.3 Å². The SMILES string of the molecule is CC(=O)Nc1ccc(CNC(=O)CN2C(=O)C(C)Oc3ccccc32)cc1. The van der Waals surface area contributed by atoms with Crippen LogP contribution in [0, 0.1) is 0 Å². The fourth-order valence-corrected chi connectivity index (χ4v) is 2.83. The van der Waals surface area contributed by atoms with Gasteiger partial charge in [-0.3, -0.25) is 19.3 Å². The van der Waals surface area contributed by atoms with Crippen LogP contribution in [0.5, 0.6) is 5.75 Å². The van der Waals surface area contributed by atoms with Crippen molar-refractivity contribution in [2.24, 2.45) is 0 Å². The molecule has 0 fully saturated rings. The van der Waals surface area contributed by atoms with Gasteiger partial charge in [0.15, 0.2) is 6.10 Å². The maximum Gasteiger partial charge on any atom is 0.268 e. The Bertz CT molecular complexity index is 864. The summed E-state index contributed by atoms with van der Waals surface area (Å²) in [7, 11) is 0. The number of benzene rings is 2. The third-order valence-electron chi connectivity index (χ3n) is 4.14. The summed E-state index contributed by atoms with van der Waals surface area (Å²) in [6, 6.07) is 14.3. The van der Waals surface area contributed by atoms with Gasteiger partial charge < -0.3 is 15.4 Å². The quantitative estimate of drug-likeness (QED) is 0.847. The first kappa shape index (κ1) is 18.4. The summed E-state index contributed by atoms with van der Waals surface area (Å²) in [5, 5.41) is 5.50. The number of rotatable bonds is 5. The standard InChI is InChI=1S/C20H21N3O4/c1-13-20(26)23(17-5-3-4-6-18(17)27-13)12-19(25)21-11-15-7-9-16(10-8-15)22-14(2)24/h3-10,13H,11-12H2,1-2H3,(H,21,25)(H,22,24). The number of nitrogens with one attached hydrogen (secondary N) is 2. The first-order valence-corrected chi connectivity index (χ1v) is 8.64. The van der Waals surface area contributed by atoms with Crippen LogP contribution in [0.3, 0.4) is 0 Å². The fraction of sp³-hybridized carbons (Fsp3) is 0.250. The molecular weight excluding hydrogens is 346 g/mol. The molecular formula is C20H21N3O4. The lowest BCUT2D eigenvalue weighted by Gasteiger charge is -2.32. The van der Waals surface area contributed by atoms with Crippen molar-refractivity contribution in [2.45, 2.75) is 26.5 Å². The van der Waals surface area contributed by atoms with Gasteiger partial charge in [0.2, 0.25) is 11.8 Å². The van der Waals surface area contributed by atoms with Crippen molar-refractivity contribution < 1.29 is 19.1 Å². The molecule has 2 N–H and O–H groups in total. The summed E-state index contributed by atoms with van der Waals surface area (Å²) in [5.41, 5.74) is 2.18. The molecule has 1 heterocycles. The second-order valence-electron chi connectivity index (χ2n) is 6.31. The number of carbonyl (C=O) groups is 3. The summed E-state index contributed by atoms with van der Waals surface area (Å²) in [4.78, 5) is 37.2. The normalized spacial score (nSPS) is 15.6. The van der Waals surface area contributed by atoms with Crippen molar-refractivity contribution in [2.75, 3.05) is 16.8 Å². The molecule has 0 saturated carbocycles. The van der Waals surface area contributed by atoms with Gasteiger partial charge in [0, 0.05) is 19.2 Å². The van der Waals surface area contributed by atoms with E-state index in [1.165, 1.54) is 11.8 Å². The number of hydrogen-bond acceptors (Lipinski definition) is 4. The Kier molecular flexibility index (Phi) is 5.40. The summed E-state index contributed by atoms with van der Waals surface area (Å²) in [6.07, 6.45) is -0.631. The van der Waals surface area contributed by atoms with E-state index < -0.39 is 6.10 Å². The van der Waals surface area contributed by atoms with Gasteiger partial charge in [-0.25, -0.2) is 0 Å². The summed E-state index contributed by atoms with van der Waals surface area (Å²) in [5.74, 6) is -0.0617. The summed E-state index contributed by atoms with van der Waals surface area (Å²) in [6.45, 7) is 3.36. The number of hydrogen-bond donors (Lipinski definition) is 2. The summed E-state index contributed by atoms with van der Waals surface area (Å²) >= 11 is 0. The molecule has 1 aliphatic rings. The van der Waals surface area contributed by atoms with E-state index in [4.69, 9.17) is 4.74 Å². The van der Waals surface area contributed by atoms with Crippen LogP contribution >= 0.6 is 0 Å². The van der Waals surface area contributed by atoms with Crippen molar-refractivity contribution in [3.05, 3.63) is 54.1 Å². The molecule has 1 aliphatic heterocycles. The molecule has 0 radical (unpaired) electrons. The average molecular weight is 367 g/mol. The predicted octanol–water partition coefficient (Wildman–Crippen LogP) is 2.08. The second-order valence-corrected chi connectivity index (χ2v) is 6.31. The number of anilines is 2. The molecule has 0 spiro atoms. The molecule has 7 heteroatoms. The largest absolute Gasteiger partial charge is 0.479 e. The van der Waals surface area contributed by atoms with Crippen molar-refractivity contribution in [3.8, 4) is 5.75 Å². The van der Waals surface area contributed by atoms with Crippen molar-refractivity contribution in [1.82, 2.24) is 5.32 Å². The van der Waals surface area contributed by atoms with Gasteiger partial charge in [-0.05, 0) is 36.8 Å². The van der Waals surface area contributed by atoms with Crippen molar-refractivity contribution in [3.63, 3.8) is 0 Å². The highest BCUT2D eigenvalue weighted by Gasteiger charge is 2.32. The molecule has 2 aromatic rings. The van der Waals surface area contributed by atoms with Gasteiger partial charge in [0.05, 0.1) is 5.69 Å². The lowest BCUT2D eigenvalue weighted by Crippen LogP contribution is -2.48. The minimum absolute atomic E-state index is 0.0759. The topological polar surface area (TPSA) is 87.7 Å². The Balaban J connectivity index is 1.61. The second kappa shape index (κ2) is 7.90. The zero-order valence-electron chi connectivity index (χ0n) is 15.2. The maximum absolute atomic E-state index is 12.4. The number of ether oxygens (including phenoxy) is 1. The predicted molar refractivity (Wildman–Crippen MR) is 101 cm³/mol. The van der Waals surface area contributed by atoms with Crippen LogP contribution in [0.2, 0.25) is 0 Å². The third-order valence-corrected chi connectivity index (χ3v) is 4.14. The van der Waals surface area contributed by atoms with Crippen LogP contribution in [0.4, 0.5) is 11.4 Å². The van der Waals surface area contributed by atoms with E-state index in [2.05, 4.69) is 10.6 Å². The Morgan fingerprint density at radius 1 is 1.11 bits per heavy atom. The molecule has 1 atom stereocenters. The smallest absolute Gasteiger partial charge is 0.268 e. The van der Waals surface area contributed by atoms with E-state index in [1.54, 1.807) is 37.3 Å². The molecule has 3 amide bonds. The van der Waals surface area contributed by atoms with Gasteiger partial charge in [-0.2, -0.15) is 0 Å². The average Bonchev–Trinajstić information content (AvgIpc) is 2.64. The lowest BCUT2D eigenvalue weighted by molar-refractivity contribution is -0.128. The van der Waals surface area contributed by atoms with E-state index in [-0.39, 0.29) is 24.3 Å². The number of para-hydroxylation sites is 2. The van der Waals surface area contributed by atoms with Crippen LogP contribution in [0.25, 0.3) is 0 Å². The highest BCUT2D eigenvalue weighted by molar-refractivity contribution is 6.03. The molecule has 7 nitrogen and oxygen atoms in total. The van der Waals surface area contributed by atoms with Crippen LogP contribution in [-0.4, -0.2) is 30.4 Å². The third kappa shape index (κ3) is 4.44. The first-order chi connectivity index (χ1) is 12.9. The van der Waals surface area contributed by atoms with Crippen molar-refractivity contribution >= 4 is 29.1 Å². The molecule has 1 unspecified atom stereocenters. The van der Waals surface area contributed by atoms with E-state index in [0.717, 1.165) is 5.56 Å². The molecule has 140 valence electrons. The zero-order chi connectivity index (χ0) is 19.4. The Labute approximate surface area is 157 Å². The van der Waals surface area contributed by atoms with Crippen molar-refractivity contribution in [1.29, 1.82) is 0 Å².